The Hall–Kier alpha value is -3.87. The standard InChI is InChI=1S/C27H20Cl2N4O2/c28-21-12-8-17(14-22(21)29)26(34)31-20-10-6-16(7-11-20)25-32-23-13-9-18(15-24(23)33-25)27(35)30-19-4-2-1-3-5-19/h1-15,23-24H,(H,30,35)(H,31,34)(H,32,33). The Morgan fingerprint density at radius 1 is 0.829 bits per heavy atom. The van der Waals surface area contributed by atoms with Gasteiger partial charge in [0.1, 0.15) is 5.84 Å². The van der Waals surface area contributed by atoms with E-state index in [1.807, 2.05) is 60.7 Å². The molecular formula is C27H20Cl2N4O2. The third kappa shape index (κ3) is 5.14. The van der Waals surface area contributed by atoms with Crippen LogP contribution in [0.4, 0.5) is 11.4 Å². The van der Waals surface area contributed by atoms with Gasteiger partial charge in [-0.2, -0.15) is 0 Å². The summed E-state index contributed by atoms with van der Waals surface area (Å²) >= 11 is 11.9. The largest absolute Gasteiger partial charge is 0.361 e. The lowest BCUT2D eigenvalue weighted by molar-refractivity contribution is -0.112. The number of hydrogen-bond acceptors (Lipinski definition) is 4. The highest BCUT2D eigenvalue weighted by atomic mass is 35.5. The van der Waals surface area contributed by atoms with E-state index in [4.69, 9.17) is 28.2 Å². The Bertz CT molecular complexity index is 1380. The van der Waals surface area contributed by atoms with Gasteiger partial charge in [0.15, 0.2) is 0 Å². The monoisotopic (exact) mass is 502 g/mol. The SMILES string of the molecule is O=C(Nc1ccccc1)C1=CC2N=C(c3ccc(NC(=O)c4ccc(Cl)c(Cl)c4)cc3)NC2C=C1. The second-order valence-corrected chi connectivity index (χ2v) is 8.91. The summed E-state index contributed by atoms with van der Waals surface area (Å²) in [7, 11) is 0. The number of aliphatic imine (C=N–C) groups is 1. The first kappa shape index (κ1) is 22.9. The minimum absolute atomic E-state index is 0.0210. The van der Waals surface area contributed by atoms with Crippen LogP contribution in [0.15, 0.2) is 102 Å². The van der Waals surface area contributed by atoms with Crippen molar-refractivity contribution in [1.29, 1.82) is 0 Å². The van der Waals surface area contributed by atoms with Crippen LogP contribution in [0.3, 0.4) is 0 Å². The molecule has 3 N–H and O–H groups in total. The third-order valence-corrected chi connectivity index (χ3v) is 6.41. The van der Waals surface area contributed by atoms with Gasteiger partial charge < -0.3 is 16.0 Å². The van der Waals surface area contributed by atoms with Gasteiger partial charge in [-0.25, -0.2) is 0 Å². The van der Waals surface area contributed by atoms with Crippen LogP contribution >= 0.6 is 23.2 Å². The van der Waals surface area contributed by atoms with Gasteiger partial charge in [-0.1, -0.05) is 53.6 Å². The molecule has 0 radical (unpaired) electrons. The molecule has 2 aliphatic rings. The van der Waals surface area contributed by atoms with Crippen molar-refractivity contribution in [2.45, 2.75) is 12.1 Å². The quantitative estimate of drug-likeness (QED) is 0.432. The highest BCUT2D eigenvalue weighted by Gasteiger charge is 2.29. The van der Waals surface area contributed by atoms with Crippen LogP contribution in [0.5, 0.6) is 0 Å². The van der Waals surface area contributed by atoms with Crippen LogP contribution < -0.4 is 16.0 Å². The van der Waals surface area contributed by atoms with E-state index in [0.29, 0.717) is 26.9 Å². The first-order chi connectivity index (χ1) is 17.0. The Morgan fingerprint density at radius 2 is 1.54 bits per heavy atom. The topological polar surface area (TPSA) is 82.6 Å². The molecule has 2 unspecified atom stereocenters. The maximum absolute atomic E-state index is 12.6. The van der Waals surface area contributed by atoms with Gasteiger partial charge in [0, 0.05) is 28.1 Å². The van der Waals surface area contributed by atoms with E-state index in [1.165, 1.54) is 6.07 Å². The van der Waals surface area contributed by atoms with Crippen molar-refractivity contribution in [3.63, 3.8) is 0 Å². The molecule has 1 aliphatic carbocycles. The third-order valence-electron chi connectivity index (χ3n) is 5.67. The fourth-order valence-corrected chi connectivity index (χ4v) is 4.14. The smallest absolute Gasteiger partial charge is 0.255 e. The van der Waals surface area contributed by atoms with Crippen LogP contribution in [-0.2, 0) is 4.79 Å². The number of anilines is 2. The molecule has 174 valence electrons. The number of hydrogen-bond donors (Lipinski definition) is 3. The Kier molecular flexibility index (Phi) is 6.40. The molecule has 0 spiro atoms. The minimum atomic E-state index is -0.282. The summed E-state index contributed by atoms with van der Waals surface area (Å²) in [6.45, 7) is 0. The van der Waals surface area contributed by atoms with E-state index >= 15 is 0 Å². The van der Waals surface area contributed by atoms with E-state index < -0.39 is 0 Å². The normalized spacial score (nSPS) is 18.1. The molecule has 1 aliphatic heterocycles. The lowest BCUT2D eigenvalue weighted by Crippen LogP contribution is -2.34. The van der Waals surface area contributed by atoms with Gasteiger partial charge >= 0.3 is 0 Å². The number of amides is 2. The highest BCUT2D eigenvalue weighted by Crippen LogP contribution is 2.24. The molecule has 8 heteroatoms. The van der Waals surface area contributed by atoms with Crippen molar-refractivity contribution in [3.8, 4) is 0 Å². The zero-order chi connectivity index (χ0) is 24.4. The molecule has 5 rings (SSSR count). The van der Waals surface area contributed by atoms with E-state index in [0.717, 1.165) is 17.1 Å². The molecule has 0 saturated carbocycles. The second-order valence-electron chi connectivity index (χ2n) is 8.10. The van der Waals surface area contributed by atoms with E-state index in [2.05, 4.69) is 16.0 Å². The molecule has 0 fully saturated rings. The number of halogens is 2. The van der Waals surface area contributed by atoms with Gasteiger partial charge in [-0.15, -0.1) is 0 Å². The molecule has 2 amide bonds. The summed E-state index contributed by atoms with van der Waals surface area (Å²) in [4.78, 5) is 29.9. The van der Waals surface area contributed by atoms with E-state index in [1.54, 1.807) is 24.3 Å². The maximum atomic E-state index is 12.6. The molecule has 0 bridgehead atoms. The van der Waals surface area contributed by atoms with Crippen molar-refractivity contribution < 1.29 is 9.59 Å². The van der Waals surface area contributed by atoms with E-state index in [9.17, 15) is 9.59 Å². The second kappa shape index (κ2) is 9.78. The van der Waals surface area contributed by atoms with Crippen molar-refractivity contribution in [1.82, 2.24) is 5.32 Å². The number of benzene rings is 3. The highest BCUT2D eigenvalue weighted by molar-refractivity contribution is 6.42. The molecule has 3 aromatic carbocycles. The predicted molar refractivity (Wildman–Crippen MR) is 140 cm³/mol. The number of para-hydroxylation sites is 1. The molecule has 2 atom stereocenters. The predicted octanol–water partition coefficient (Wildman–Crippen LogP) is 5.47. The molecule has 35 heavy (non-hydrogen) atoms. The molecule has 0 aromatic heterocycles. The Balaban J connectivity index is 1.25. The first-order valence-electron chi connectivity index (χ1n) is 10.9. The molecule has 6 nitrogen and oxygen atoms in total. The Labute approximate surface area is 212 Å². The fraction of sp³-hybridized carbons (Fsp3) is 0.0741. The minimum Gasteiger partial charge on any atom is -0.361 e. The summed E-state index contributed by atoms with van der Waals surface area (Å²) in [5.74, 6) is 0.278. The number of nitrogens with zero attached hydrogens (tertiary/aromatic N) is 1. The average molecular weight is 503 g/mol. The van der Waals surface area contributed by atoms with Gasteiger partial charge in [-0.3, -0.25) is 14.6 Å². The number of rotatable bonds is 5. The van der Waals surface area contributed by atoms with Gasteiger partial charge in [-0.05, 0) is 60.7 Å². The van der Waals surface area contributed by atoms with Crippen LogP contribution in [0.1, 0.15) is 15.9 Å². The summed E-state index contributed by atoms with van der Waals surface area (Å²) in [6, 6.07) is 21.2. The number of amidine groups is 1. The van der Waals surface area contributed by atoms with Crippen LogP contribution in [0.2, 0.25) is 10.0 Å². The summed E-state index contributed by atoms with van der Waals surface area (Å²) < 4.78 is 0. The average Bonchev–Trinajstić information content (AvgIpc) is 3.30. The van der Waals surface area contributed by atoms with Crippen molar-refractivity contribution in [3.05, 3.63) is 118 Å². The Morgan fingerprint density at radius 3 is 2.29 bits per heavy atom. The van der Waals surface area contributed by atoms with Gasteiger partial charge in [0.05, 0.1) is 22.1 Å². The maximum Gasteiger partial charge on any atom is 0.255 e. The number of fused-ring (bicyclic) bond motifs is 1. The van der Waals surface area contributed by atoms with Crippen molar-refractivity contribution >= 4 is 52.2 Å². The fourth-order valence-electron chi connectivity index (χ4n) is 3.85. The van der Waals surface area contributed by atoms with Crippen LogP contribution in [0, 0.1) is 0 Å². The molecular weight excluding hydrogens is 483 g/mol. The summed E-state index contributed by atoms with van der Waals surface area (Å²) in [5.41, 5.74) is 3.25. The van der Waals surface area contributed by atoms with Crippen LogP contribution in [-0.4, -0.2) is 29.7 Å². The number of nitrogens with one attached hydrogen (secondary N) is 3. The molecule has 0 saturated heterocycles. The van der Waals surface area contributed by atoms with E-state index in [-0.39, 0.29) is 23.9 Å². The van der Waals surface area contributed by atoms with Gasteiger partial charge in [0.2, 0.25) is 0 Å². The summed E-state index contributed by atoms with van der Waals surface area (Å²) in [5, 5.41) is 9.85. The zero-order valence-electron chi connectivity index (χ0n) is 18.3. The lowest BCUT2D eigenvalue weighted by Gasteiger charge is -2.17. The molecule has 3 aromatic rings. The lowest BCUT2D eigenvalue weighted by atomic mass is 9.99. The number of carbonyl (C=O) groups is 2. The van der Waals surface area contributed by atoms with Crippen molar-refractivity contribution in [2.24, 2.45) is 4.99 Å². The summed E-state index contributed by atoms with van der Waals surface area (Å²) in [6.07, 6.45) is 5.63. The molecule has 1 heterocycles. The zero-order valence-corrected chi connectivity index (χ0v) is 19.8. The van der Waals surface area contributed by atoms with Crippen LogP contribution in [0.25, 0.3) is 0 Å². The van der Waals surface area contributed by atoms with Gasteiger partial charge in [0.25, 0.3) is 11.8 Å². The van der Waals surface area contributed by atoms with Crippen molar-refractivity contribution in [2.75, 3.05) is 10.6 Å². The number of carbonyl (C=O) groups excluding carboxylic acids is 2. The first-order valence-corrected chi connectivity index (χ1v) is 11.7.